The van der Waals surface area contributed by atoms with Gasteiger partial charge in [-0.05, 0) is 12.1 Å². The van der Waals surface area contributed by atoms with E-state index >= 15 is 0 Å². The Labute approximate surface area is 89.5 Å². The Hall–Kier alpha value is -0.870. The number of halogens is 1. The lowest BCUT2D eigenvalue weighted by Crippen LogP contribution is -2.07. The van der Waals surface area contributed by atoms with Crippen LogP contribution in [0.15, 0.2) is 29.2 Å². The first-order chi connectivity index (χ1) is 6.70. The Morgan fingerprint density at radius 3 is 2.71 bits per heavy atom. The average Bonchev–Trinajstić information content (AvgIpc) is 2.27. The Morgan fingerprint density at radius 1 is 1.50 bits per heavy atom. The van der Waals surface area contributed by atoms with Gasteiger partial charge in [0.1, 0.15) is 5.21 Å². The molecule has 0 aliphatic rings. The number of rotatable bonds is 3. The number of benzene rings is 1. The zero-order chi connectivity index (χ0) is 10.6. The Kier molecular flexibility index (Phi) is 4.10. The molecule has 1 aromatic rings. The van der Waals surface area contributed by atoms with Gasteiger partial charge in [-0.2, -0.15) is 0 Å². The molecule has 0 aromatic heterocycles. The number of esters is 1. The van der Waals surface area contributed by atoms with Crippen LogP contribution in [0.4, 0.5) is 0 Å². The number of methoxy groups -OCH3 is 1. The summed E-state index contributed by atoms with van der Waals surface area (Å²) in [7, 11) is -0.0790. The van der Waals surface area contributed by atoms with Crippen molar-refractivity contribution in [1.29, 1.82) is 0 Å². The van der Waals surface area contributed by atoms with E-state index in [-0.39, 0.29) is 5.21 Å². The molecule has 0 aliphatic carbocycles. The third-order valence-corrected chi connectivity index (χ3v) is 3.28. The minimum atomic E-state index is -1.36. The first kappa shape index (κ1) is 11.2. The van der Waals surface area contributed by atoms with Gasteiger partial charge in [-0.15, -0.1) is 11.6 Å². The van der Waals surface area contributed by atoms with Gasteiger partial charge in [-0.1, -0.05) is 12.1 Å². The van der Waals surface area contributed by atoms with Crippen LogP contribution in [-0.4, -0.2) is 22.5 Å². The van der Waals surface area contributed by atoms with Crippen molar-refractivity contribution in [3.8, 4) is 0 Å². The molecule has 0 saturated heterocycles. The predicted octanol–water partition coefficient (Wildman–Crippen LogP) is 1.78. The van der Waals surface area contributed by atoms with Crippen molar-refractivity contribution in [3.63, 3.8) is 0 Å². The highest BCUT2D eigenvalue weighted by Gasteiger charge is 2.14. The summed E-state index contributed by atoms with van der Waals surface area (Å²) < 4.78 is 16.0. The Morgan fingerprint density at radius 2 is 2.14 bits per heavy atom. The second kappa shape index (κ2) is 5.12. The second-order valence-electron chi connectivity index (χ2n) is 2.44. The molecule has 0 amide bonds. The standard InChI is InChI=1S/C9H9ClO3S/c1-13-9(11)7-4-2-3-5-8(7)14(12)6-10/h2-5H,6H2,1H3. The minimum absolute atomic E-state index is 0.0337. The fraction of sp³-hybridized carbons (Fsp3) is 0.222. The number of carbonyl (C=O) groups excluding carboxylic acids is 1. The van der Waals surface area contributed by atoms with Crippen molar-refractivity contribution in [3.05, 3.63) is 29.8 Å². The molecular weight excluding hydrogens is 224 g/mol. The van der Waals surface area contributed by atoms with E-state index in [0.717, 1.165) is 0 Å². The molecule has 0 saturated carbocycles. The zero-order valence-electron chi connectivity index (χ0n) is 7.53. The third kappa shape index (κ3) is 2.33. The van der Waals surface area contributed by atoms with Gasteiger partial charge in [-0.25, -0.2) is 4.79 Å². The number of carbonyl (C=O) groups is 1. The Bertz CT molecular complexity index is 330. The molecule has 0 spiro atoms. The largest absolute Gasteiger partial charge is 0.465 e. The first-order valence-corrected chi connectivity index (χ1v) is 5.67. The number of alkyl halides is 1. The molecular formula is C9H9ClO3S. The van der Waals surface area contributed by atoms with Gasteiger partial charge in [0.05, 0.1) is 28.4 Å². The van der Waals surface area contributed by atoms with Crippen LogP contribution in [0.25, 0.3) is 0 Å². The van der Waals surface area contributed by atoms with Crippen LogP contribution in [0.5, 0.6) is 0 Å². The molecule has 0 heterocycles. The van der Waals surface area contributed by atoms with E-state index in [9.17, 15) is 9.00 Å². The van der Waals surface area contributed by atoms with Gasteiger partial charge >= 0.3 is 5.97 Å². The SMILES string of the molecule is COC(=O)c1ccccc1S(=O)CCl. The van der Waals surface area contributed by atoms with Crippen LogP contribution in [0.3, 0.4) is 0 Å². The smallest absolute Gasteiger partial charge is 0.339 e. The van der Waals surface area contributed by atoms with E-state index in [1.165, 1.54) is 7.11 Å². The van der Waals surface area contributed by atoms with E-state index in [2.05, 4.69) is 4.74 Å². The van der Waals surface area contributed by atoms with E-state index < -0.39 is 16.8 Å². The minimum Gasteiger partial charge on any atom is -0.465 e. The van der Waals surface area contributed by atoms with Gasteiger partial charge in [-0.3, -0.25) is 4.21 Å². The predicted molar refractivity (Wildman–Crippen MR) is 54.9 cm³/mol. The van der Waals surface area contributed by atoms with Gasteiger partial charge in [0, 0.05) is 0 Å². The summed E-state index contributed by atoms with van der Waals surface area (Å²) in [5.74, 6) is -0.501. The molecule has 1 rings (SSSR count). The summed E-state index contributed by atoms with van der Waals surface area (Å²) in [5, 5.41) is -0.0337. The summed E-state index contributed by atoms with van der Waals surface area (Å²) in [5.41, 5.74) is 0.300. The molecule has 1 unspecified atom stereocenters. The molecule has 76 valence electrons. The molecule has 14 heavy (non-hydrogen) atoms. The van der Waals surface area contributed by atoms with Crippen LogP contribution < -0.4 is 0 Å². The molecule has 0 bridgehead atoms. The number of hydrogen-bond acceptors (Lipinski definition) is 3. The van der Waals surface area contributed by atoms with Gasteiger partial charge in [0.15, 0.2) is 0 Å². The fourth-order valence-corrected chi connectivity index (χ4v) is 2.10. The molecule has 0 aliphatic heterocycles. The van der Waals surface area contributed by atoms with Gasteiger partial charge < -0.3 is 4.74 Å². The lowest BCUT2D eigenvalue weighted by atomic mass is 10.2. The molecule has 0 radical (unpaired) electrons. The summed E-state index contributed by atoms with van der Waals surface area (Å²) in [6.45, 7) is 0. The van der Waals surface area contributed by atoms with Crippen LogP contribution in [0.2, 0.25) is 0 Å². The maximum atomic E-state index is 11.4. The van der Waals surface area contributed by atoms with Crippen LogP contribution in [0, 0.1) is 0 Å². The van der Waals surface area contributed by atoms with Crippen LogP contribution in [0.1, 0.15) is 10.4 Å². The molecule has 3 nitrogen and oxygen atoms in total. The van der Waals surface area contributed by atoms with Crippen molar-refractivity contribution in [1.82, 2.24) is 0 Å². The number of hydrogen-bond donors (Lipinski definition) is 0. The van der Waals surface area contributed by atoms with Crippen molar-refractivity contribution in [2.75, 3.05) is 12.3 Å². The van der Waals surface area contributed by atoms with Crippen molar-refractivity contribution in [2.45, 2.75) is 4.90 Å². The van der Waals surface area contributed by atoms with Gasteiger partial charge in [0.25, 0.3) is 0 Å². The molecule has 5 heteroatoms. The van der Waals surface area contributed by atoms with E-state index in [1.807, 2.05) is 0 Å². The maximum absolute atomic E-state index is 11.4. The summed E-state index contributed by atoms with van der Waals surface area (Å²) in [6.07, 6.45) is 0. The van der Waals surface area contributed by atoms with Crippen molar-refractivity contribution < 1.29 is 13.7 Å². The summed E-state index contributed by atoms with van der Waals surface area (Å²) >= 11 is 5.45. The highest BCUT2D eigenvalue weighted by atomic mass is 35.5. The zero-order valence-corrected chi connectivity index (χ0v) is 9.10. The molecule has 0 N–H and O–H groups in total. The summed E-state index contributed by atoms with van der Waals surface area (Å²) in [6, 6.07) is 6.55. The highest BCUT2D eigenvalue weighted by molar-refractivity contribution is 7.86. The lowest BCUT2D eigenvalue weighted by molar-refractivity contribution is 0.0596. The Balaban J connectivity index is 3.15. The van der Waals surface area contributed by atoms with Crippen molar-refractivity contribution in [2.24, 2.45) is 0 Å². The van der Waals surface area contributed by atoms with Gasteiger partial charge in [0.2, 0.25) is 0 Å². The van der Waals surface area contributed by atoms with E-state index in [1.54, 1.807) is 24.3 Å². The lowest BCUT2D eigenvalue weighted by Gasteiger charge is -2.04. The molecule has 0 fully saturated rings. The third-order valence-electron chi connectivity index (χ3n) is 1.64. The monoisotopic (exact) mass is 232 g/mol. The highest BCUT2D eigenvalue weighted by Crippen LogP contribution is 2.15. The maximum Gasteiger partial charge on any atom is 0.339 e. The number of ether oxygens (including phenoxy) is 1. The van der Waals surface area contributed by atoms with E-state index in [4.69, 9.17) is 11.6 Å². The van der Waals surface area contributed by atoms with Crippen LogP contribution >= 0.6 is 11.6 Å². The fourth-order valence-electron chi connectivity index (χ4n) is 1.00. The normalized spacial score (nSPS) is 12.1. The second-order valence-corrected chi connectivity index (χ2v) is 4.45. The van der Waals surface area contributed by atoms with Crippen molar-refractivity contribution >= 4 is 28.4 Å². The average molecular weight is 233 g/mol. The summed E-state index contributed by atoms with van der Waals surface area (Å²) in [4.78, 5) is 11.7. The topological polar surface area (TPSA) is 43.4 Å². The molecule has 1 atom stereocenters. The van der Waals surface area contributed by atoms with E-state index in [0.29, 0.717) is 10.5 Å². The quantitative estimate of drug-likeness (QED) is 0.589. The first-order valence-electron chi connectivity index (χ1n) is 3.82. The van der Waals surface area contributed by atoms with Crippen LogP contribution in [-0.2, 0) is 15.5 Å². The molecule has 1 aromatic carbocycles.